The summed E-state index contributed by atoms with van der Waals surface area (Å²) in [7, 11) is -20.8. The van der Waals surface area contributed by atoms with Crippen molar-refractivity contribution in [3.8, 4) is 0 Å². The number of aliphatic hydroxyl groups excluding tert-OH is 3. The first kappa shape index (κ1) is 59.5. The van der Waals surface area contributed by atoms with Crippen molar-refractivity contribution in [3.63, 3.8) is 0 Å². The van der Waals surface area contributed by atoms with E-state index in [0.29, 0.717) is 6.61 Å². The van der Waals surface area contributed by atoms with E-state index in [0.717, 1.165) is 49.4 Å². The number of hydrogen-bond acceptors (Lipinski definition) is 27. The van der Waals surface area contributed by atoms with Gasteiger partial charge in [-0.2, -0.15) is 18.2 Å². The molecule has 0 radical (unpaired) electrons. The molecule has 3 fully saturated rings. The van der Waals surface area contributed by atoms with Gasteiger partial charge in [-0.05, 0) is 12.8 Å². The summed E-state index contributed by atoms with van der Waals surface area (Å²) in [6.45, 7) is -0.808. The summed E-state index contributed by atoms with van der Waals surface area (Å²) >= 11 is 0. The van der Waals surface area contributed by atoms with Gasteiger partial charge in [0.05, 0.1) is 39.3 Å². The van der Waals surface area contributed by atoms with E-state index in [1.807, 2.05) is 11.9 Å². The number of phosphoric ester groups is 3. The van der Waals surface area contributed by atoms with E-state index in [2.05, 4.69) is 33.5 Å². The maximum atomic E-state index is 13.6. The fraction of sp³-hybridized carbons (Fsp3) is 0.622. The fourth-order valence-corrected chi connectivity index (χ4v) is 13.3. The van der Waals surface area contributed by atoms with Crippen molar-refractivity contribution in [3.05, 3.63) is 62.4 Å². The van der Waals surface area contributed by atoms with Crippen LogP contribution in [0.3, 0.4) is 0 Å². The van der Waals surface area contributed by atoms with Gasteiger partial charge >= 0.3 is 42.5 Å². The molecule has 432 valence electrons. The molecule has 5 unspecified atom stereocenters. The lowest BCUT2D eigenvalue weighted by molar-refractivity contribution is -0.646. The minimum Gasteiger partial charge on any atom is -0.387 e. The molecule has 0 bridgehead atoms. The van der Waals surface area contributed by atoms with Crippen molar-refractivity contribution in [1.82, 2.24) is 43.6 Å². The summed E-state index contributed by atoms with van der Waals surface area (Å²) < 4.78 is 116. The molecule has 41 heteroatoms. The Balaban J connectivity index is 0.943. The normalized spacial score (nSPS) is 29.7. The van der Waals surface area contributed by atoms with Crippen molar-refractivity contribution >= 4 is 65.4 Å². The number of nitrogens with zero attached hydrogens (tertiary/aromatic N) is 8. The summed E-state index contributed by atoms with van der Waals surface area (Å²) in [6.07, 6.45) is -11.5. The first-order valence-corrected chi connectivity index (χ1v) is 29.2. The number of fused-ring (bicyclic) bond motifs is 2. The number of rotatable bonds is 25. The number of H-pyrrole nitrogens is 2. The first-order valence-electron chi connectivity index (χ1n) is 23.2. The number of aromatic nitrogens is 10. The highest BCUT2D eigenvalue weighted by Crippen LogP contribution is 2.68. The van der Waals surface area contributed by atoms with Gasteiger partial charge in [-0.25, -0.2) is 42.6 Å². The Kier molecular flexibility index (Phi) is 18.2. The van der Waals surface area contributed by atoms with Crippen molar-refractivity contribution in [2.75, 3.05) is 51.6 Å². The van der Waals surface area contributed by atoms with E-state index in [-0.39, 0.29) is 47.1 Å². The summed E-state index contributed by atoms with van der Waals surface area (Å²) in [6, 6.07) is 0.928. The lowest BCUT2D eigenvalue weighted by Crippen LogP contribution is -2.38. The standard InChI is InChI=1S/C37H54N12O25P4/c1-4-5-9-65-10-7-17-18(69-33(24(17)51)49-16-46(2)23-31(49)44-36(39)45-32(23)54)11-67-76(58,59)73-78(62,63)74-77(60,61)68-13-20-27(28(64-3)35(71-20)48-15-42-22-29(38)40-14-41-30(22)48)72-75(56,57)66-12-19-25(52)26(53)34(70-19)47-8-6-21(50)43-37(47)55/h6,8,14-20,24-28,33-35,51-53H,4-5,7,9-13H2,1-3H3,(H9-,38,39,40,41,43,44,45,50,54,55,56,57,58,59,60,61,62,63)/p+1/t17-,18-,19-,20?,24-,25-,26-,27-,28-,33-,34-,35-/m1/s1. The van der Waals surface area contributed by atoms with Gasteiger partial charge in [-0.1, -0.05) is 13.3 Å². The predicted octanol–water partition coefficient (Wildman–Crippen LogP) is -2.41. The Hall–Kier alpha value is -4.62. The molecular formula is C37H55N12O25P4+. The molecule has 8 rings (SSSR count). The van der Waals surface area contributed by atoms with Crippen LogP contribution in [0.15, 0.2) is 45.6 Å². The molecule has 3 aliphatic rings. The number of methoxy groups -OCH3 is 1. The van der Waals surface area contributed by atoms with Crippen LogP contribution in [-0.2, 0) is 75.7 Å². The SMILES string of the molecule is CCCCOCC[C@H]1[C@@H](O)[C@H](n2c[n+](C)c3c(=O)[nH]c(N)nc32)O[C@@H]1COP(=O)(O)OP(=O)(O)OP(=O)(O)OCC1O[C@@H](n2cnc3c(N)ncnc32)[C@H](OC)[C@@H]1OP(=O)(O)OC[C@H]1O[C@@H](n2ccc(=O)[nH]c2=O)[C@H](O)[C@@H]1O. The van der Waals surface area contributed by atoms with Crippen LogP contribution in [0, 0.1) is 5.92 Å². The van der Waals surface area contributed by atoms with E-state index in [1.54, 1.807) is 0 Å². The van der Waals surface area contributed by atoms with Crippen LogP contribution < -0.4 is 32.8 Å². The highest BCUT2D eigenvalue weighted by atomic mass is 31.3. The third kappa shape index (κ3) is 13.2. The van der Waals surface area contributed by atoms with Crippen LogP contribution in [-0.4, -0.2) is 167 Å². The maximum Gasteiger partial charge on any atom is 0.490 e. The molecule has 0 aliphatic carbocycles. The third-order valence-electron chi connectivity index (χ3n) is 12.4. The van der Waals surface area contributed by atoms with E-state index in [1.165, 1.54) is 27.1 Å². The third-order valence-corrected chi connectivity index (χ3v) is 17.6. The Morgan fingerprint density at radius 3 is 2.06 bits per heavy atom. The molecule has 0 saturated carbocycles. The molecule has 3 saturated heterocycles. The molecule has 16 atom stereocenters. The molecule has 5 aromatic heterocycles. The van der Waals surface area contributed by atoms with Gasteiger partial charge in [-0.3, -0.25) is 46.8 Å². The number of hydrogen-bond donors (Lipinski definition) is 11. The summed E-state index contributed by atoms with van der Waals surface area (Å²) in [5.41, 5.74) is 9.41. The number of unbranched alkanes of at least 4 members (excludes halogenated alkanes) is 1. The van der Waals surface area contributed by atoms with Gasteiger partial charge in [0.2, 0.25) is 18.5 Å². The van der Waals surface area contributed by atoms with E-state index in [4.69, 9.17) is 53.2 Å². The largest absolute Gasteiger partial charge is 0.490 e. The zero-order valence-corrected chi connectivity index (χ0v) is 44.5. The topological polar surface area (TPSA) is 516 Å². The molecule has 37 nitrogen and oxygen atoms in total. The summed E-state index contributed by atoms with van der Waals surface area (Å²) in [4.78, 5) is 100. The number of aryl methyl sites for hydroxylation is 1. The Labute approximate surface area is 436 Å². The Morgan fingerprint density at radius 2 is 1.38 bits per heavy atom. The molecule has 0 aromatic carbocycles. The van der Waals surface area contributed by atoms with Gasteiger partial charge in [0, 0.05) is 38.5 Å². The minimum absolute atomic E-state index is 0.00137. The Morgan fingerprint density at radius 1 is 0.744 bits per heavy atom. The Bertz CT molecular complexity index is 3340. The molecule has 5 aromatic rings. The summed E-state index contributed by atoms with van der Waals surface area (Å²) in [5.74, 6) is -1.28. The highest BCUT2D eigenvalue weighted by Gasteiger charge is 2.54. The van der Waals surface area contributed by atoms with E-state index in [9.17, 15) is 67.5 Å². The maximum absolute atomic E-state index is 13.6. The molecule has 78 heavy (non-hydrogen) atoms. The molecule has 3 aliphatic heterocycles. The van der Waals surface area contributed by atoms with Crippen molar-refractivity contribution in [2.45, 2.75) is 93.7 Å². The van der Waals surface area contributed by atoms with Crippen molar-refractivity contribution < 1.29 is 108 Å². The smallest absolute Gasteiger partial charge is 0.387 e. The van der Waals surface area contributed by atoms with Crippen molar-refractivity contribution in [1.29, 1.82) is 0 Å². The van der Waals surface area contributed by atoms with Crippen LogP contribution >= 0.6 is 31.3 Å². The lowest BCUT2D eigenvalue weighted by Gasteiger charge is -2.26. The number of phosphoric acid groups is 4. The van der Waals surface area contributed by atoms with Crippen LogP contribution in [0.25, 0.3) is 22.3 Å². The van der Waals surface area contributed by atoms with Crippen molar-refractivity contribution in [2.24, 2.45) is 13.0 Å². The molecular weight excluding hydrogens is 1140 g/mol. The second kappa shape index (κ2) is 23.8. The second-order valence-corrected chi connectivity index (χ2v) is 23.7. The summed E-state index contributed by atoms with van der Waals surface area (Å²) in [5, 5.41) is 32.9. The predicted molar refractivity (Wildman–Crippen MR) is 256 cm³/mol. The number of anilines is 2. The zero-order chi connectivity index (χ0) is 56.6. The zero-order valence-electron chi connectivity index (χ0n) is 41.0. The van der Waals surface area contributed by atoms with E-state index < -0.39 is 141 Å². The monoisotopic (exact) mass is 1190 g/mol. The number of nitrogens with one attached hydrogen (secondary N) is 2. The van der Waals surface area contributed by atoms with Crippen LogP contribution in [0.1, 0.15) is 44.9 Å². The van der Waals surface area contributed by atoms with Gasteiger partial charge in [0.25, 0.3) is 16.7 Å². The minimum atomic E-state index is -6.19. The molecule has 0 spiro atoms. The van der Waals surface area contributed by atoms with Crippen LogP contribution in [0.4, 0.5) is 11.8 Å². The molecule has 13 N–H and O–H groups in total. The number of nitrogens with two attached hydrogens (primary N) is 2. The van der Waals surface area contributed by atoms with Gasteiger partial charge in [-0.15, -0.1) is 0 Å². The van der Waals surface area contributed by atoms with E-state index >= 15 is 0 Å². The molecule has 0 amide bonds. The second-order valence-electron chi connectivity index (χ2n) is 17.6. The highest BCUT2D eigenvalue weighted by molar-refractivity contribution is 7.66. The van der Waals surface area contributed by atoms with Gasteiger partial charge in [0.1, 0.15) is 54.6 Å². The van der Waals surface area contributed by atoms with Crippen LogP contribution in [0.2, 0.25) is 0 Å². The number of nitrogen functional groups attached to an aromatic ring is 2. The average molecular weight is 1190 g/mol. The lowest BCUT2D eigenvalue weighted by atomic mass is 9.95. The van der Waals surface area contributed by atoms with Gasteiger partial charge in [0.15, 0.2) is 23.9 Å². The number of imidazole rings is 2. The number of ether oxygens (including phenoxy) is 5. The number of aliphatic hydroxyl groups is 3. The first-order chi connectivity index (χ1) is 36.7. The number of aromatic amines is 2. The van der Waals surface area contributed by atoms with Crippen LogP contribution in [0.5, 0.6) is 0 Å². The molecule has 8 heterocycles. The quantitative estimate of drug-likeness (QED) is 0.0165. The van der Waals surface area contributed by atoms with Gasteiger partial charge < -0.3 is 70.0 Å². The average Bonchev–Trinajstić information content (AvgIpc) is 4.24. The fourth-order valence-electron chi connectivity index (χ4n) is 8.80.